The zero-order valence-corrected chi connectivity index (χ0v) is 47.9. The molecule has 0 aliphatic heterocycles. The van der Waals surface area contributed by atoms with Gasteiger partial charge in [0.1, 0.15) is 22.1 Å². The lowest BCUT2D eigenvalue weighted by molar-refractivity contribution is 0.117. The van der Waals surface area contributed by atoms with E-state index in [9.17, 15) is 0 Å². The van der Waals surface area contributed by atoms with Crippen molar-refractivity contribution in [3.63, 3.8) is 0 Å². The molecule has 0 amide bonds. The maximum absolute atomic E-state index is 6.19. The third-order valence-electron chi connectivity index (χ3n) is 13.2. The Balaban J connectivity index is 1.38. The lowest BCUT2D eigenvalue weighted by atomic mass is 10.1. The molecule has 0 atom stereocenters. The predicted molar refractivity (Wildman–Crippen MR) is 328 cm³/mol. The molecule has 0 saturated carbocycles. The largest absolute Gasteiger partial charge is 0.377 e. The Kier molecular flexibility index (Phi) is 26.3. The van der Waals surface area contributed by atoms with Gasteiger partial charge in [0.05, 0.1) is 26.4 Å². The van der Waals surface area contributed by atoms with Crippen molar-refractivity contribution >= 4 is 65.2 Å². The summed E-state index contributed by atoms with van der Waals surface area (Å²) in [5.74, 6) is 0. The molecule has 6 nitrogen and oxygen atoms in total. The minimum atomic E-state index is 0.466. The van der Waals surface area contributed by atoms with Crippen LogP contribution in [0.1, 0.15) is 153 Å². The summed E-state index contributed by atoms with van der Waals surface area (Å²) in [6.07, 6.45) is 18.3. The van der Waals surface area contributed by atoms with Crippen molar-refractivity contribution in [2.24, 2.45) is 0 Å². The van der Waals surface area contributed by atoms with Gasteiger partial charge in [-0.1, -0.05) is 165 Å². The normalized spacial score (nSPS) is 10.6. The molecule has 0 aliphatic carbocycles. The van der Waals surface area contributed by atoms with Gasteiger partial charge in [-0.2, -0.15) is 0 Å². The molecule has 3 aromatic heterocycles. The van der Waals surface area contributed by atoms with E-state index in [1.54, 1.807) is 0 Å². The van der Waals surface area contributed by atoms with E-state index in [-0.39, 0.29) is 0 Å². The predicted octanol–water partition coefficient (Wildman–Crippen LogP) is 18.4. The fourth-order valence-electron chi connectivity index (χ4n) is 8.94. The smallest absolute Gasteiger partial charge is 0.115 e. The first-order valence-corrected chi connectivity index (χ1v) is 29.4. The number of ether oxygens (including phenoxy) is 4. The summed E-state index contributed by atoms with van der Waals surface area (Å²) in [5.41, 5.74) is 6.51. The van der Waals surface area contributed by atoms with Crippen molar-refractivity contribution in [2.75, 3.05) is 26.4 Å². The SMILES string of the molecule is CCCCCCOCc1cc2c#cc3cc(COCCCCCC)cc(c#cc4cccc(c#cc5cc(COCCCCCC)cc(c#cc6cc(COCCCCCC)cc(c#cc7cccc(c#cc(c1)c2)n7)c6)c5)n4)c3. The fourth-order valence-corrected chi connectivity index (χ4v) is 8.94. The molecule has 7 rings (SSSR count). The van der Waals surface area contributed by atoms with Gasteiger partial charge in [-0.3, -0.25) is 0 Å². The Bertz CT molecular complexity index is 2900. The van der Waals surface area contributed by atoms with E-state index in [0.717, 1.165) is 117 Å². The molecule has 0 fully saturated rings. The number of pyridine rings is 2. The molecule has 80 heavy (non-hydrogen) atoms. The third kappa shape index (κ3) is 22.6. The lowest BCUT2D eigenvalue weighted by Gasteiger charge is -2.05. The summed E-state index contributed by atoms with van der Waals surface area (Å²) in [6, 6.07) is 77.1. The maximum Gasteiger partial charge on any atom is 0.115 e. The molecule has 6 heteroatoms. The first-order chi connectivity index (χ1) is 39.4. The number of aromatic nitrogens is 2. The molecule has 0 radical (unpaired) electrons. The number of hydrogen-bond acceptors (Lipinski definition) is 6. The van der Waals surface area contributed by atoms with Crippen LogP contribution in [0.2, 0.25) is 0 Å². The number of rotatable bonds is 28. The monoisotopic (exact) mass is 1060 g/mol. The highest BCUT2D eigenvalue weighted by Gasteiger charge is 2.02. The van der Waals surface area contributed by atoms with Gasteiger partial charge in [-0.05, 0) is 169 Å². The topological polar surface area (TPSA) is 62.7 Å². The molecule has 0 spiro atoms. The Labute approximate surface area is 479 Å². The molecule has 408 valence electrons. The zero-order valence-electron chi connectivity index (χ0n) is 47.9. The first kappa shape index (κ1) is 60.0. The van der Waals surface area contributed by atoms with Crippen LogP contribution >= 0.6 is 0 Å². The van der Waals surface area contributed by atoms with Crippen LogP contribution in [0.5, 0.6) is 0 Å². The summed E-state index contributed by atoms with van der Waals surface area (Å²) in [5, 5.41) is 6.63. The molecule has 0 saturated heterocycles. The average molecular weight is 1060 g/mol. The van der Waals surface area contributed by atoms with E-state index < -0.39 is 0 Å². The van der Waals surface area contributed by atoms with Gasteiger partial charge >= 0.3 is 0 Å². The van der Waals surface area contributed by atoms with Gasteiger partial charge in [0.15, 0.2) is 0 Å². The maximum atomic E-state index is 6.19. The lowest BCUT2D eigenvalue weighted by Crippen LogP contribution is -1.95. The summed E-state index contributed by atoms with van der Waals surface area (Å²) in [4.78, 5) is 9.75. The van der Waals surface area contributed by atoms with Crippen LogP contribution in [-0.2, 0) is 45.4 Å². The summed E-state index contributed by atoms with van der Waals surface area (Å²) in [6.45, 7) is 13.6. The Hall–Kier alpha value is -7.62. The second kappa shape index (κ2) is 35.1. The Morgan fingerprint density at radius 3 is 0.688 bits per heavy atom. The van der Waals surface area contributed by atoms with Crippen molar-refractivity contribution in [3.8, 4) is 0 Å². The van der Waals surface area contributed by atoms with Crippen LogP contribution in [-0.4, -0.2) is 36.4 Å². The van der Waals surface area contributed by atoms with Crippen molar-refractivity contribution in [2.45, 2.75) is 157 Å². The Morgan fingerprint density at radius 2 is 0.475 bits per heavy atom. The quantitative estimate of drug-likeness (QED) is 0.0456. The van der Waals surface area contributed by atoms with Crippen LogP contribution in [0.3, 0.4) is 0 Å². The van der Waals surface area contributed by atoms with Crippen molar-refractivity contribution in [1.29, 1.82) is 0 Å². The molecule has 7 aromatic rings. The van der Waals surface area contributed by atoms with Crippen LogP contribution in [0.15, 0.2) is 109 Å². The number of benzene rings is 4. The second-order valence-corrected chi connectivity index (χ2v) is 20.4. The van der Waals surface area contributed by atoms with Gasteiger partial charge < -0.3 is 18.9 Å². The van der Waals surface area contributed by atoms with Gasteiger partial charge in [0.2, 0.25) is 0 Å². The highest BCUT2D eigenvalue weighted by atomic mass is 16.5. The second-order valence-electron chi connectivity index (χ2n) is 20.4. The van der Waals surface area contributed by atoms with Crippen molar-refractivity contribution in [1.82, 2.24) is 9.97 Å². The molecular formula is C74H78N2O4. The summed E-state index contributed by atoms with van der Waals surface area (Å²) < 4.78 is 24.8. The van der Waals surface area contributed by atoms with Crippen LogP contribution in [0, 0.1) is 72.8 Å². The number of fused-ring (bicyclic) bond motifs is 12. The van der Waals surface area contributed by atoms with Gasteiger partial charge in [-0.25, -0.2) is 9.97 Å². The highest BCUT2D eigenvalue weighted by Crippen LogP contribution is 2.17. The fraction of sp³-hybridized carbons (Fsp3) is 0.378. The van der Waals surface area contributed by atoms with E-state index >= 15 is 0 Å². The first-order valence-electron chi connectivity index (χ1n) is 29.4. The summed E-state index contributed by atoms with van der Waals surface area (Å²) >= 11 is 0. The number of nitrogens with zero attached hydrogens (tertiary/aromatic N) is 2. The van der Waals surface area contributed by atoms with E-state index in [1.807, 2.05) is 60.7 Å². The number of unbranched alkanes of at least 4 members (excludes halogenated alkanes) is 12. The van der Waals surface area contributed by atoms with E-state index in [1.165, 1.54) is 51.4 Å². The molecule has 3 heterocycles. The zero-order chi connectivity index (χ0) is 55.7. The molecule has 12 bridgehead atoms. The molecule has 0 unspecified atom stereocenters. The standard InChI is InChI=1S/C74H78N2O4/c1-5-9-13-17-39-77-55-67-47-59-27-28-60-44-64(52-68(48-60)56-78-40-18-14-10-6-2)32-37-73-25-22-26-74(76-73)38-34-66-46-62(50-70(54-66)58-80-42-20-16-12-8-4)30-29-61-45-65(53-69(49-61)57-79-41-19-15-11-7-3)33-36-72-24-21-23-71(75-72)35-31-63(43-59)51-67/h21-26,43-54H,5-20,39-42,55-58H2,1-4H3. The van der Waals surface area contributed by atoms with Gasteiger partial charge in [0, 0.05) is 69.5 Å². The van der Waals surface area contributed by atoms with Crippen LogP contribution < -0.4 is 0 Å². The molecular weight excluding hydrogens is 981 g/mol. The van der Waals surface area contributed by atoms with Crippen LogP contribution in [0.25, 0.3) is 65.2 Å². The third-order valence-corrected chi connectivity index (χ3v) is 13.2. The molecule has 0 N–H and O–H groups in total. The molecule has 4 aromatic carbocycles. The summed E-state index contributed by atoms with van der Waals surface area (Å²) in [7, 11) is 0. The average Bonchev–Trinajstić information content (AvgIpc) is 3.48. The number of hydrogen-bond donors (Lipinski definition) is 0. The molecule has 0 aliphatic rings. The van der Waals surface area contributed by atoms with Crippen molar-refractivity contribution < 1.29 is 18.9 Å². The van der Waals surface area contributed by atoms with E-state index in [0.29, 0.717) is 74.9 Å². The Morgan fingerprint density at radius 1 is 0.263 bits per heavy atom. The van der Waals surface area contributed by atoms with Crippen LogP contribution in [0.4, 0.5) is 0 Å². The van der Waals surface area contributed by atoms with Crippen molar-refractivity contribution in [3.05, 3.63) is 204 Å². The van der Waals surface area contributed by atoms with Gasteiger partial charge in [0.25, 0.3) is 0 Å². The van der Waals surface area contributed by atoms with E-state index in [4.69, 9.17) is 28.9 Å². The van der Waals surface area contributed by atoms with Gasteiger partial charge in [-0.15, -0.1) is 0 Å². The van der Waals surface area contributed by atoms with E-state index in [2.05, 4.69) is 149 Å². The minimum Gasteiger partial charge on any atom is -0.377 e. The minimum absolute atomic E-state index is 0.466. The highest BCUT2D eigenvalue weighted by molar-refractivity contribution is 5.71.